The quantitative estimate of drug-likeness (QED) is 0.548. The lowest BCUT2D eigenvalue weighted by molar-refractivity contribution is -0.924. The number of nitrogens with zero attached hydrogens (tertiary/aromatic N) is 2. The fourth-order valence-corrected chi connectivity index (χ4v) is 2.47. The molecule has 1 atom stereocenters. The maximum atomic E-state index is 6.01. The van der Waals surface area contributed by atoms with Crippen LogP contribution in [0.25, 0.3) is 0 Å². The molecule has 0 aliphatic heterocycles. The number of rotatable bonds is 10. The minimum atomic E-state index is 0.354. The van der Waals surface area contributed by atoms with Gasteiger partial charge in [-0.15, -0.1) is 0 Å². The van der Waals surface area contributed by atoms with Crippen molar-refractivity contribution >= 4 is 0 Å². The Hall–Kier alpha value is -0.120. The smallest absolute Gasteiger partial charge is 0.105 e. The van der Waals surface area contributed by atoms with Crippen LogP contribution in [0.5, 0.6) is 0 Å². The second kappa shape index (κ2) is 8.13. The molecule has 1 unspecified atom stereocenters. The monoisotopic (exact) mass is 260 g/mol. The average Bonchev–Trinajstić information content (AvgIpc) is 2.35. The molecule has 110 valence electrons. The third kappa shape index (κ3) is 6.17. The zero-order chi connectivity index (χ0) is 14.2. The van der Waals surface area contributed by atoms with Crippen LogP contribution in [0.1, 0.15) is 34.6 Å². The molecule has 0 aromatic heterocycles. The van der Waals surface area contributed by atoms with Crippen molar-refractivity contribution in [2.45, 2.75) is 40.7 Å². The van der Waals surface area contributed by atoms with E-state index < -0.39 is 0 Å². The van der Waals surface area contributed by atoms with Crippen LogP contribution in [-0.2, 0) is 4.74 Å². The lowest BCUT2D eigenvalue weighted by Crippen LogP contribution is -2.50. The Morgan fingerprint density at radius 1 is 0.889 bits per heavy atom. The van der Waals surface area contributed by atoms with Crippen molar-refractivity contribution < 1.29 is 13.7 Å². The summed E-state index contributed by atoms with van der Waals surface area (Å²) in [6, 6.07) is 0. The first kappa shape index (κ1) is 17.9. The van der Waals surface area contributed by atoms with Crippen molar-refractivity contribution in [3.8, 4) is 0 Å². The molecule has 0 fully saturated rings. The molecular weight excluding hydrogens is 224 g/mol. The van der Waals surface area contributed by atoms with Crippen LogP contribution in [0.4, 0.5) is 0 Å². The van der Waals surface area contributed by atoms with Gasteiger partial charge in [0.05, 0.1) is 46.9 Å². The van der Waals surface area contributed by atoms with Crippen LogP contribution in [-0.4, -0.2) is 75.0 Å². The number of hydrogen-bond acceptors (Lipinski definition) is 1. The SMILES string of the molecule is CC[N+](C)(C)CC(C)OCC[N+](CC)(CC)CC. The van der Waals surface area contributed by atoms with Gasteiger partial charge in [0.15, 0.2) is 0 Å². The van der Waals surface area contributed by atoms with Crippen LogP contribution in [0.3, 0.4) is 0 Å². The Balaban J connectivity index is 4.03. The maximum Gasteiger partial charge on any atom is 0.105 e. The van der Waals surface area contributed by atoms with Gasteiger partial charge in [-0.2, -0.15) is 0 Å². The van der Waals surface area contributed by atoms with Crippen LogP contribution in [0.15, 0.2) is 0 Å². The van der Waals surface area contributed by atoms with E-state index in [9.17, 15) is 0 Å². The predicted molar refractivity (Wildman–Crippen MR) is 79.7 cm³/mol. The second-order valence-electron chi connectivity index (χ2n) is 6.13. The summed E-state index contributed by atoms with van der Waals surface area (Å²) in [5.74, 6) is 0. The number of ether oxygens (including phenoxy) is 1. The molecule has 0 N–H and O–H groups in total. The van der Waals surface area contributed by atoms with E-state index in [1.54, 1.807) is 0 Å². The van der Waals surface area contributed by atoms with Crippen molar-refractivity contribution in [1.29, 1.82) is 0 Å². The lowest BCUT2D eigenvalue weighted by Gasteiger charge is -2.36. The van der Waals surface area contributed by atoms with Gasteiger partial charge in [0.1, 0.15) is 19.2 Å². The summed E-state index contributed by atoms with van der Waals surface area (Å²) < 4.78 is 8.23. The summed E-state index contributed by atoms with van der Waals surface area (Å²) in [6.07, 6.45) is 0.354. The minimum absolute atomic E-state index is 0.354. The molecule has 3 nitrogen and oxygen atoms in total. The largest absolute Gasteiger partial charge is 0.367 e. The molecule has 0 aliphatic carbocycles. The lowest BCUT2D eigenvalue weighted by atomic mass is 10.3. The molecule has 0 aliphatic rings. The van der Waals surface area contributed by atoms with Crippen molar-refractivity contribution in [3.05, 3.63) is 0 Å². The molecule has 0 spiro atoms. The summed E-state index contributed by atoms with van der Waals surface area (Å²) in [5, 5.41) is 0. The highest BCUT2D eigenvalue weighted by Gasteiger charge is 2.22. The van der Waals surface area contributed by atoms with Gasteiger partial charge in [-0.3, -0.25) is 0 Å². The summed E-state index contributed by atoms with van der Waals surface area (Å²) in [6.45, 7) is 19.2. The predicted octanol–water partition coefficient (Wildman–Crippen LogP) is 2.36. The van der Waals surface area contributed by atoms with Gasteiger partial charge in [-0.25, -0.2) is 0 Å². The minimum Gasteiger partial charge on any atom is -0.367 e. The van der Waals surface area contributed by atoms with Crippen LogP contribution in [0, 0.1) is 0 Å². The Kier molecular flexibility index (Phi) is 8.08. The first-order valence-corrected chi connectivity index (χ1v) is 7.63. The van der Waals surface area contributed by atoms with Gasteiger partial charge < -0.3 is 13.7 Å². The highest BCUT2D eigenvalue weighted by molar-refractivity contribution is 4.48. The highest BCUT2D eigenvalue weighted by atomic mass is 16.5. The van der Waals surface area contributed by atoms with Gasteiger partial charge in [0, 0.05) is 0 Å². The van der Waals surface area contributed by atoms with E-state index in [0.29, 0.717) is 6.10 Å². The molecule has 0 saturated carbocycles. The third-order valence-corrected chi connectivity index (χ3v) is 4.59. The Morgan fingerprint density at radius 2 is 1.39 bits per heavy atom. The fourth-order valence-electron chi connectivity index (χ4n) is 2.47. The Labute approximate surface area is 115 Å². The number of quaternary nitrogens is 2. The Bertz CT molecular complexity index is 204. The summed E-state index contributed by atoms with van der Waals surface area (Å²) in [4.78, 5) is 0. The molecule has 3 heteroatoms. The highest BCUT2D eigenvalue weighted by Crippen LogP contribution is 2.07. The van der Waals surface area contributed by atoms with Crippen molar-refractivity contribution in [2.24, 2.45) is 0 Å². The Morgan fingerprint density at radius 3 is 1.78 bits per heavy atom. The standard InChI is InChI=1S/C15H36N2O/c1-8-16(6,7)14-15(5)18-13-12-17(9-2,10-3)11-4/h15H,8-14H2,1-7H3/q+2. The van der Waals surface area contributed by atoms with E-state index in [1.807, 2.05) is 0 Å². The van der Waals surface area contributed by atoms with E-state index in [2.05, 4.69) is 48.7 Å². The van der Waals surface area contributed by atoms with E-state index in [-0.39, 0.29) is 0 Å². The summed E-state index contributed by atoms with van der Waals surface area (Å²) in [5.41, 5.74) is 0. The molecule has 0 heterocycles. The van der Waals surface area contributed by atoms with Crippen LogP contribution >= 0.6 is 0 Å². The number of hydrogen-bond donors (Lipinski definition) is 0. The maximum absolute atomic E-state index is 6.01. The first-order valence-electron chi connectivity index (χ1n) is 7.63. The van der Waals surface area contributed by atoms with Crippen molar-refractivity contribution in [2.75, 3.05) is 60.0 Å². The molecule has 0 radical (unpaired) electrons. The van der Waals surface area contributed by atoms with Gasteiger partial charge in [0.25, 0.3) is 0 Å². The van der Waals surface area contributed by atoms with E-state index in [4.69, 9.17) is 4.74 Å². The van der Waals surface area contributed by atoms with E-state index >= 15 is 0 Å². The van der Waals surface area contributed by atoms with Gasteiger partial charge in [-0.1, -0.05) is 0 Å². The third-order valence-electron chi connectivity index (χ3n) is 4.59. The average molecular weight is 260 g/mol. The topological polar surface area (TPSA) is 9.23 Å². The number of likely N-dealkylation sites (N-methyl/N-ethyl adjacent to an activating group) is 2. The van der Waals surface area contributed by atoms with Crippen LogP contribution in [0.2, 0.25) is 0 Å². The molecule has 0 saturated heterocycles. The molecule has 18 heavy (non-hydrogen) atoms. The fraction of sp³-hybridized carbons (Fsp3) is 1.00. The van der Waals surface area contributed by atoms with Gasteiger partial charge >= 0.3 is 0 Å². The zero-order valence-electron chi connectivity index (χ0n) is 13.8. The van der Waals surface area contributed by atoms with Crippen molar-refractivity contribution in [1.82, 2.24) is 0 Å². The van der Waals surface area contributed by atoms with E-state index in [0.717, 1.165) is 30.7 Å². The second-order valence-corrected chi connectivity index (χ2v) is 6.13. The van der Waals surface area contributed by atoms with Crippen molar-refractivity contribution in [3.63, 3.8) is 0 Å². The molecule has 0 aromatic rings. The van der Waals surface area contributed by atoms with E-state index in [1.165, 1.54) is 24.1 Å². The van der Waals surface area contributed by atoms with Gasteiger partial charge in [0.2, 0.25) is 0 Å². The molecule has 0 aromatic carbocycles. The first-order chi connectivity index (χ1) is 8.34. The van der Waals surface area contributed by atoms with Gasteiger partial charge in [-0.05, 0) is 34.6 Å². The molecule has 0 bridgehead atoms. The summed E-state index contributed by atoms with van der Waals surface area (Å²) in [7, 11) is 4.54. The van der Waals surface area contributed by atoms with Crippen LogP contribution < -0.4 is 0 Å². The molecular formula is C15H36N2O+2. The molecule has 0 amide bonds. The normalized spacial score (nSPS) is 14.8. The zero-order valence-corrected chi connectivity index (χ0v) is 13.8. The molecule has 0 rings (SSSR count). The summed E-state index contributed by atoms with van der Waals surface area (Å²) >= 11 is 0.